The van der Waals surface area contributed by atoms with Gasteiger partial charge in [0.15, 0.2) is 11.4 Å². The monoisotopic (exact) mass is 606 g/mol. The smallest absolute Gasteiger partial charge is 0.268 e. The number of amides is 1. The quantitative estimate of drug-likeness (QED) is 0.118. The Hall–Kier alpha value is -5.25. The molecule has 0 unspecified atom stereocenters. The number of benzene rings is 2. The van der Waals surface area contributed by atoms with E-state index in [9.17, 15) is 19.2 Å². The lowest BCUT2D eigenvalue weighted by Crippen LogP contribution is -2.29. The van der Waals surface area contributed by atoms with E-state index in [0.717, 1.165) is 11.1 Å². The van der Waals surface area contributed by atoms with E-state index in [0.29, 0.717) is 48.4 Å². The van der Waals surface area contributed by atoms with Crippen molar-refractivity contribution in [1.29, 1.82) is 5.26 Å². The molecular formula is C34H28ClFN6O2. The average Bonchev–Trinajstić information content (AvgIpc) is 3.62. The van der Waals surface area contributed by atoms with Gasteiger partial charge in [-0.2, -0.15) is 10.4 Å². The van der Waals surface area contributed by atoms with Crippen molar-refractivity contribution >= 4 is 28.9 Å². The molecule has 0 radical (unpaired) electrons. The lowest BCUT2D eigenvalue weighted by atomic mass is 10.00. The Balaban J connectivity index is 1.21. The third-order valence-corrected chi connectivity index (χ3v) is 7.64. The summed E-state index contributed by atoms with van der Waals surface area (Å²) < 4.78 is 17.6. The Morgan fingerprint density at radius 1 is 1.07 bits per heavy atom. The second-order valence-corrected chi connectivity index (χ2v) is 10.7. The van der Waals surface area contributed by atoms with E-state index in [1.54, 1.807) is 58.7 Å². The van der Waals surface area contributed by atoms with Gasteiger partial charge in [0, 0.05) is 40.9 Å². The van der Waals surface area contributed by atoms with Gasteiger partial charge < -0.3 is 9.88 Å². The molecule has 3 aromatic heterocycles. The first-order chi connectivity index (χ1) is 21.3. The highest BCUT2D eigenvalue weighted by molar-refractivity contribution is 6.31. The maximum Gasteiger partial charge on any atom is 0.268 e. The molecule has 2 aromatic carbocycles. The summed E-state index contributed by atoms with van der Waals surface area (Å²) in [7, 11) is 0. The zero-order chi connectivity index (χ0) is 31.2. The second kappa shape index (κ2) is 13.4. The average molecular weight is 607 g/mol. The van der Waals surface area contributed by atoms with Crippen LogP contribution in [0.25, 0.3) is 5.65 Å². The minimum absolute atomic E-state index is 0.0221. The first-order valence-corrected chi connectivity index (χ1v) is 14.4. The van der Waals surface area contributed by atoms with Gasteiger partial charge in [0.1, 0.15) is 29.0 Å². The van der Waals surface area contributed by atoms with E-state index < -0.39 is 17.8 Å². The molecule has 3 heterocycles. The predicted molar refractivity (Wildman–Crippen MR) is 165 cm³/mol. The van der Waals surface area contributed by atoms with Gasteiger partial charge in [-0.15, -0.1) is 0 Å². The Labute approximate surface area is 259 Å². The molecule has 10 heteroatoms. The van der Waals surface area contributed by atoms with Gasteiger partial charge >= 0.3 is 0 Å². The molecule has 0 bridgehead atoms. The van der Waals surface area contributed by atoms with E-state index in [-0.39, 0.29) is 22.1 Å². The van der Waals surface area contributed by atoms with Gasteiger partial charge in [-0.25, -0.2) is 13.9 Å². The van der Waals surface area contributed by atoms with Crippen molar-refractivity contribution in [1.82, 2.24) is 24.5 Å². The Morgan fingerprint density at radius 2 is 1.91 bits per heavy atom. The maximum absolute atomic E-state index is 14.4. The topological polar surface area (TPSA) is 105 Å². The molecule has 0 aliphatic heterocycles. The van der Waals surface area contributed by atoms with E-state index in [1.165, 1.54) is 12.1 Å². The first kappa shape index (κ1) is 30.2. The molecule has 220 valence electrons. The molecule has 5 aromatic rings. The summed E-state index contributed by atoms with van der Waals surface area (Å²) in [5, 5.41) is 16.9. The fourth-order valence-electron chi connectivity index (χ4n) is 4.95. The molecular weight excluding hydrogens is 579 g/mol. The van der Waals surface area contributed by atoms with Gasteiger partial charge in [-0.3, -0.25) is 9.59 Å². The fourth-order valence-corrected chi connectivity index (χ4v) is 5.27. The highest BCUT2D eigenvalue weighted by Gasteiger charge is 2.21. The molecule has 0 aliphatic carbocycles. The molecule has 1 atom stereocenters. The SMILES string of the molecule is Cc1ccc(C(=O)CCCCn2c(C#N)ccc2C(=O)N[C@@H](C)c2c(F)cccc2Cl)cc1C#Cc1cnc2cccnn12. The number of halogens is 2. The Kier molecular flexibility index (Phi) is 9.18. The van der Waals surface area contributed by atoms with Gasteiger partial charge in [0.25, 0.3) is 5.91 Å². The number of nitriles is 1. The number of carbonyl (C=O) groups excluding carboxylic acids is 2. The van der Waals surface area contributed by atoms with Crippen LogP contribution in [0.15, 0.2) is 73.1 Å². The largest absolute Gasteiger partial charge is 0.344 e. The van der Waals surface area contributed by atoms with Crippen LogP contribution in [-0.2, 0) is 6.54 Å². The number of aromatic nitrogens is 4. The zero-order valence-electron chi connectivity index (χ0n) is 24.1. The van der Waals surface area contributed by atoms with Crippen molar-refractivity contribution in [3.8, 4) is 17.9 Å². The number of carbonyl (C=O) groups is 2. The van der Waals surface area contributed by atoms with Crippen molar-refractivity contribution < 1.29 is 14.0 Å². The summed E-state index contributed by atoms with van der Waals surface area (Å²) in [5.41, 5.74) is 4.40. The van der Waals surface area contributed by atoms with Crippen molar-refractivity contribution in [3.05, 3.63) is 123 Å². The summed E-state index contributed by atoms with van der Waals surface area (Å²) in [6.07, 6.45) is 4.73. The third-order valence-electron chi connectivity index (χ3n) is 7.31. The molecule has 0 aliphatic rings. The standard InChI is InChI=1S/C34H28ClFN6O2/c1-22-11-12-25(19-24(22)13-14-27-21-38-32-10-6-17-39-42(27)32)31(43)9-3-4-18-41-26(20-37)15-16-30(41)34(44)40-23(2)33-28(35)7-5-8-29(33)36/h5-8,10-12,15-17,19,21,23H,3-4,9,18H2,1-2H3,(H,40,44)/t23-/m0/s1. The van der Waals surface area contributed by atoms with Crippen molar-refractivity contribution in [2.75, 3.05) is 0 Å². The number of hydrogen-bond donors (Lipinski definition) is 1. The summed E-state index contributed by atoms with van der Waals surface area (Å²) in [6.45, 7) is 3.94. The van der Waals surface area contributed by atoms with Crippen LogP contribution < -0.4 is 5.32 Å². The van der Waals surface area contributed by atoms with Gasteiger partial charge in [0.2, 0.25) is 0 Å². The molecule has 1 amide bonds. The number of imidazole rings is 1. The van der Waals surface area contributed by atoms with Gasteiger partial charge in [0.05, 0.1) is 12.2 Å². The van der Waals surface area contributed by atoms with Crippen LogP contribution in [0, 0.1) is 35.9 Å². The van der Waals surface area contributed by atoms with Crippen molar-refractivity contribution in [3.63, 3.8) is 0 Å². The number of fused-ring (bicyclic) bond motifs is 1. The fraction of sp³-hybridized carbons (Fsp3) is 0.206. The van der Waals surface area contributed by atoms with E-state index >= 15 is 0 Å². The number of unbranched alkanes of at least 4 members (excludes halogenated alkanes) is 1. The van der Waals surface area contributed by atoms with Crippen LogP contribution in [0.2, 0.25) is 5.02 Å². The van der Waals surface area contributed by atoms with Crippen LogP contribution in [0.3, 0.4) is 0 Å². The van der Waals surface area contributed by atoms with Gasteiger partial charge in [-0.1, -0.05) is 35.7 Å². The summed E-state index contributed by atoms with van der Waals surface area (Å²) >= 11 is 6.16. The number of nitrogens with zero attached hydrogens (tertiary/aromatic N) is 5. The third kappa shape index (κ3) is 6.54. The van der Waals surface area contributed by atoms with Crippen LogP contribution in [-0.4, -0.2) is 30.9 Å². The highest BCUT2D eigenvalue weighted by atomic mass is 35.5. The van der Waals surface area contributed by atoms with E-state index in [1.807, 2.05) is 25.1 Å². The van der Waals surface area contributed by atoms with Gasteiger partial charge in [-0.05, 0) is 80.6 Å². The molecule has 5 rings (SSSR count). The van der Waals surface area contributed by atoms with Crippen LogP contribution in [0.5, 0.6) is 0 Å². The van der Waals surface area contributed by atoms with E-state index in [2.05, 4.69) is 33.3 Å². The summed E-state index contributed by atoms with van der Waals surface area (Å²) in [5.74, 6) is 5.25. The van der Waals surface area contributed by atoms with Crippen LogP contribution in [0.4, 0.5) is 4.39 Å². The molecule has 0 saturated carbocycles. The van der Waals surface area contributed by atoms with E-state index in [4.69, 9.17) is 11.6 Å². The minimum Gasteiger partial charge on any atom is -0.344 e. The number of Topliss-reactive ketones (excluding diaryl/α,β-unsaturated/α-hetero) is 1. The first-order valence-electron chi connectivity index (χ1n) is 14.1. The summed E-state index contributed by atoms with van der Waals surface area (Å²) in [4.78, 5) is 30.4. The molecule has 0 spiro atoms. The molecule has 1 N–H and O–H groups in total. The number of rotatable bonds is 9. The molecule has 44 heavy (non-hydrogen) atoms. The molecule has 8 nitrogen and oxygen atoms in total. The lowest BCUT2D eigenvalue weighted by molar-refractivity contribution is 0.0927. The minimum atomic E-state index is -0.692. The highest BCUT2D eigenvalue weighted by Crippen LogP contribution is 2.26. The number of hydrogen-bond acceptors (Lipinski definition) is 5. The zero-order valence-corrected chi connectivity index (χ0v) is 24.9. The van der Waals surface area contributed by atoms with Crippen LogP contribution >= 0.6 is 11.6 Å². The normalized spacial score (nSPS) is 11.4. The maximum atomic E-state index is 14.4. The Morgan fingerprint density at radius 3 is 2.70 bits per heavy atom. The molecule has 0 fully saturated rings. The van der Waals surface area contributed by atoms with Crippen molar-refractivity contribution in [2.24, 2.45) is 0 Å². The number of ketones is 1. The lowest BCUT2D eigenvalue weighted by Gasteiger charge is -2.17. The van der Waals surface area contributed by atoms with Crippen LogP contribution in [0.1, 0.15) is 81.2 Å². The number of nitrogens with one attached hydrogen (secondary N) is 1. The Bertz CT molecular complexity index is 1960. The molecule has 0 saturated heterocycles. The summed E-state index contributed by atoms with van der Waals surface area (Å²) in [6, 6.07) is 18.0. The predicted octanol–water partition coefficient (Wildman–Crippen LogP) is 6.45. The second-order valence-electron chi connectivity index (χ2n) is 10.3. The number of aryl methyl sites for hydroxylation is 1. The van der Waals surface area contributed by atoms with Crippen molar-refractivity contribution in [2.45, 2.75) is 45.7 Å².